The number of para-hydroxylation sites is 1. The second-order valence-corrected chi connectivity index (χ2v) is 7.45. The molecule has 1 heterocycles. The fraction of sp³-hybridized carbons (Fsp3) is 0. The zero-order valence-corrected chi connectivity index (χ0v) is 17.6. The average molecular weight is 435 g/mol. The predicted octanol–water partition coefficient (Wildman–Crippen LogP) is 6.29. The molecule has 7 nitrogen and oxygen atoms in total. The van der Waals surface area contributed by atoms with Crippen molar-refractivity contribution in [2.45, 2.75) is 0 Å². The topological polar surface area (TPSA) is 84.6 Å². The third kappa shape index (κ3) is 4.07. The number of non-ortho nitro benzene ring substituents is 1. The first-order valence-corrected chi connectivity index (χ1v) is 10.5. The third-order valence-electron chi connectivity index (χ3n) is 5.33. The first-order valence-electron chi connectivity index (χ1n) is 10.5. The number of aromatic amines is 2. The summed E-state index contributed by atoms with van der Waals surface area (Å²) in [4.78, 5) is 12.5. The van der Waals surface area contributed by atoms with Gasteiger partial charge in [0, 0.05) is 23.3 Å². The van der Waals surface area contributed by atoms with E-state index in [0.717, 1.165) is 33.9 Å². The van der Waals surface area contributed by atoms with E-state index in [1.807, 2.05) is 83.5 Å². The van der Waals surface area contributed by atoms with Crippen molar-refractivity contribution in [2.75, 3.05) is 0 Å². The van der Waals surface area contributed by atoms with Gasteiger partial charge in [0.15, 0.2) is 0 Å². The second kappa shape index (κ2) is 8.76. The van der Waals surface area contributed by atoms with Crippen molar-refractivity contribution in [3.05, 3.63) is 125 Å². The average Bonchev–Trinajstić information content (AvgIpc) is 2.89. The molecule has 0 amide bonds. The number of hydrogen-bond donors (Lipinski definition) is 2. The first kappa shape index (κ1) is 20.1. The highest BCUT2D eigenvalue weighted by molar-refractivity contribution is 5.78. The highest BCUT2D eigenvalue weighted by atomic mass is 16.6. The lowest BCUT2D eigenvalue weighted by atomic mass is 10.0. The zero-order chi connectivity index (χ0) is 22.6. The number of benzene rings is 4. The molecule has 0 aliphatic rings. The van der Waals surface area contributed by atoms with Gasteiger partial charge in [-0.15, -0.1) is 0 Å². The number of nitrogens with zero attached hydrogens (tertiary/aromatic N) is 3. The highest BCUT2D eigenvalue weighted by Gasteiger charge is 2.16. The maximum atomic E-state index is 11.1. The van der Waals surface area contributed by atoms with Gasteiger partial charge in [0.2, 0.25) is 0 Å². The maximum absolute atomic E-state index is 11.1. The molecule has 0 atom stereocenters. The molecule has 0 fully saturated rings. The fourth-order valence-electron chi connectivity index (χ4n) is 3.74. The van der Waals surface area contributed by atoms with E-state index in [1.165, 1.54) is 12.1 Å². The molecule has 0 aliphatic heterocycles. The van der Waals surface area contributed by atoms with Crippen LogP contribution in [-0.2, 0) is 0 Å². The van der Waals surface area contributed by atoms with Gasteiger partial charge in [0.05, 0.1) is 27.7 Å². The number of aromatic nitrogens is 4. The Hall–Kier alpha value is -4.78. The van der Waals surface area contributed by atoms with Crippen LogP contribution >= 0.6 is 0 Å². The molecule has 0 saturated carbocycles. The van der Waals surface area contributed by atoms with Crippen molar-refractivity contribution in [3.8, 4) is 33.9 Å². The van der Waals surface area contributed by atoms with Gasteiger partial charge in [-0.25, -0.2) is 9.90 Å². The number of hydrogen-bond acceptors (Lipinski definition) is 2. The van der Waals surface area contributed by atoms with Crippen LogP contribution in [0.4, 0.5) is 5.69 Å². The van der Waals surface area contributed by atoms with Crippen molar-refractivity contribution in [2.24, 2.45) is 0 Å². The minimum absolute atomic E-state index is 0.0412. The summed E-state index contributed by atoms with van der Waals surface area (Å²) in [7, 11) is 0. The summed E-state index contributed by atoms with van der Waals surface area (Å²) in [6, 6.07) is 36.6. The molecular formula is C26H21N5O2. The first-order chi connectivity index (χ1) is 16.2. The van der Waals surface area contributed by atoms with Crippen LogP contribution < -0.4 is 0 Å². The Morgan fingerprint density at radius 3 is 1.76 bits per heavy atom. The molecule has 5 rings (SSSR count). The molecule has 5 aromatic rings. The molecule has 4 aromatic carbocycles. The van der Waals surface area contributed by atoms with E-state index in [1.54, 1.807) is 16.9 Å². The molecule has 0 radical (unpaired) electrons. The van der Waals surface area contributed by atoms with E-state index in [4.69, 9.17) is 0 Å². The zero-order valence-electron chi connectivity index (χ0n) is 17.6. The largest absolute Gasteiger partial charge is 0.276 e. The highest BCUT2D eigenvalue weighted by Crippen LogP contribution is 2.31. The Morgan fingerprint density at radius 1 is 0.636 bits per heavy atom. The van der Waals surface area contributed by atoms with E-state index in [-0.39, 0.29) is 5.69 Å². The summed E-state index contributed by atoms with van der Waals surface area (Å²) in [5.41, 5.74) is 5.59. The van der Waals surface area contributed by atoms with E-state index in [9.17, 15) is 10.1 Å². The smallest absolute Gasteiger partial charge is 0.269 e. The molecule has 0 aliphatic carbocycles. The van der Waals surface area contributed by atoms with Gasteiger partial charge >= 0.3 is 0 Å². The summed E-state index contributed by atoms with van der Waals surface area (Å²) in [6.07, 6.45) is 0. The summed E-state index contributed by atoms with van der Waals surface area (Å²) in [5, 5.41) is 18.0. The van der Waals surface area contributed by atoms with Crippen molar-refractivity contribution >= 4 is 5.69 Å². The van der Waals surface area contributed by atoms with E-state index < -0.39 is 4.92 Å². The van der Waals surface area contributed by atoms with Crippen LogP contribution in [-0.4, -0.2) is 24.7 Å². The third-order valence-corrected chi connectivity index (χ3v) is 5.33. The SMILES string of the molecule is O=[N+]([O-])c1ccc(-n2[nH]c(-c3ccccc3)c(-c3ccccc3)n(-c3ccccc3)[nH]2)cc1. The van der Waals surface area contributed by atoms with Gasteiger partial charge < -0.3 is 0 Å². The van der Waals surface area contributed by atoms with Crippen molar-refractivity contribution in [3.63, 3.8) is 0 Å². The monoisotopic (exact) mass is 435 g/mol. The Bertz CT molecular complexity index is 1350. The van der Waals surface area contributed by atoms with Gasteiger partial charge in [0.1, 0.15) is 0 Å². The van der Waals surface area contributed by atoms with Gasteiger partial charge in [-0.2, -0.15) is 4.80 Å². The quantitative estimate of drug-likeness (QED) is 0.251. The second-order valence-electron chi connectivity index (χ2n) is 7.45. The minimum atomic E-state index is -0.403. The standard InChI is InChI=1S/C26H21N5O2/c32-31(33)24-18-16-23(17-19-24)30-27-25(20-10-4-1-5-11-20)26(21-12-6-2-7-13-21)29(28-30)22-14-8-3-9-15-22/h1-19,27-28H. The number of nitro groups is 1. The Kier molecular flexibility index (Phi) is 5.35. The van der Waals surface area contributed by atoms with Crippen LogP contribution in [0.15, 0.2) is 115 Å². The lowest BCUT2D eigenvalue weighted by Gasteiger charge is -2.22. The number of nitro benzene ring substituents is 1. The van der Waals surface area contributed by atoms with Gasteiger partial charge in [-0.05, 0) is 24.3 Å². The number of H-pyrrole nitrogens is 2. The van der Waals surface area contributed by atoms with Crippen LogP contribution in [0.5, 0.6) is 0 Å². The van der Waals surface area contributed by atoms with Crippen molar-refractivity contribution in [1.82, 2.24) is 19.8 Å². The van der Waals surface area contributed by atoms with E-state index >= 15 is 0 Å². The molecule has 7 heteroatoms. The minimum Gasteiger partial charge on any atom is -0.276 e. The van der Waals surface area contributed by atoms with Gasteiger partial charge in [-0.1, -0.05) is 78.9 Å². The van der Waals surface area contributed by atoms with Crippen LogP contribution in [0, 0.1) is 10.1 Å². The summed E-state index contributed by atoms with van der Waals surface area (Å²) in [5.74, 6) is 0. The summed E-state index contributed by atoms with van der Waals surface area (Å²) >= 11 is 0. The van der Waals surface area contributed by atoms with Crippen LogP contribution in [0.1, 0.15) is 0 Å². The fourth-order valence-corrected chi connectivity index (χ4v) is 3.74. The summed E-state index contributed by atoms with van der Waals surface area (Å²) in [6.45, 7) is 0. The number of nitrogens with one attached hydrogen (secondary N) is 2. The molecule has 0 saturated heterocycles. The normalized spacial score (nSPS) is 10.7. The van der Waals surface area contributed by atoms with Crippen LogP contribution in [0.25, 0.3) is 33.9 Å². The van der Waals surface area contributed by atoms with Gasteiger partial charge in [-0.3, -0.25) is 15.2 Å². The van der Waals surface area contributed by atoms with Crippen LogP contribution in [0.2, 0.25) is 0 Å². The molecule has 162 valence electrons. The van der Waals surface area contributed by atoms with Crippen molar-refractivity contribution < 1.29 is 4.92 Å². The Labute approximate surface area is 190 Å². The molecule has 1 aromatic heterocycles. The van der Waals surface area contributed by atoms with Gasteiger partial charge in [0.25, 0.3) is 5.69 Å². The maximum Gasteiger partial charge on any atom is 0.269 e. The number of rotatable bonds is 5. The molecular weight excluding hydrogens is 414 g/mol. The molecule has 0 unspecified atom stereocenters. The van der Waals surface area contributed by atoms with E-state index in [0.29, 0.717) is 0 Å². The molecule has 2 N–H and O–H groups in total. The Morgan fingerprint density at radius 2 is 1.18 bits per heavy atom. The molecule has 0 bridgehead atoms. The lowest BCUT2D eigenvalue weighted by Crippen LogP contribution is -2.18. The van der Waals surface area contributed by atoms with Crippen molar-refractivity contribution in [1.29, 1.82) is 0 Å². The molecule has 0 spiro atoms. The predicted molar refractivity (Wildman–Crippen MR) is 129 cm³/mol. The lowest BCUT2D eigenvalue weighted by molar-refractivity contribution is -0.384. The van der Waals surface area contributed by atoms with E-state index in [2.05, 4.69) is 22.4 Å². The summed E-state index contributed by atoms with van der Waals surface area (Å²) < 4.78 is 2.01. The van der Waals surface area contributed by atoms with Crippen LogP contribution in [0.3, 0.4) is 0 Å². The Balaban J connectivity index is 1.82. The molecule has 33 heavy (non-hydrogen) atoms.